The Morgan fingerprint density at radius 1 is 1.21 bits per heavy atom. The van der Waals surface area contributed by atoms with Crippen LogP contribution in [0.4, 0.5) is 0 Å². The van der Waals surface area contributed by atoms with E-state index in [0.29, 0.717) is 0 Å². The zero-order valence-electron chi connectivity index (χ0n) is 8.65. The van der Waals surface area contributed by atoms with E-state index in [-0.39, 0.29) is 13.2 Å². The second-order valence-corrected chi connectivity index (χ2v) is 2.31. The molecule has 0 heterocycles. The molecule has 0 fully saturated rings. The van der Waals surface area contributed by atoms with Gasteiger partial charge in [-0.1, -0.05) is 0 Å². The Hall–Kier alpha value is -1.39. The zero-order chi connectivity index (χ0) is 11.0. The van der Waals surface area contributed by atoms with Crippen molar-refractivity contribution in [2.75, 3.05) is 13.2 Å². The van der Waals surface area contributed by atoms with Crippen LogP contribution >= 0.6 is 0 Å². The predicted molar refractivity (Wildman–Crippen MR) is 51.2 cm³/mol. The van der Waals surface area contributed by atoms with E-state index < -0.39 is 18.0 Å². The van der Waals surface area contributed by atoms with Gasteiger partial charge in [-0.15, -0.1) is 0 Å². The van der Waals surface area contributed by atoms with E-state index in [2.05, 4.69) is 14.5 Å². The zero-order valence-corrected chi connectivity index (χ0v) is 8.65. The topological polar surface area (TPSA) is 65.0 Å². The van der Waals surface area contributed by atoms with Gasteiger partial charge in [0.25, 0.3) is 0 Å². The van der Waals surface area contributed by atoms with E-state index in [1.165, 1.54) is 6.21 Å². The number of aliphatic imine (C=N–C) groups is 1. The lowest BCUT2D eigenvalue weighted by Crippen LogP contribution is -2.32. The van der Waals surface area contributed by atoms with Crippen molar-refractivity contribution in [3.63, 3.8) is 0 Å². The van der Waals surface area contributed by atoms with Gasteiger partial charge < -0.3 is 9.47 Å². The minimum atomic E-state index is -1.18. The van der Waals surface area contributed by atoms with E-state index in [0.717, 1.165) is 0 Å². The smallest absolute Gasteiger partial charge is 0.342 e. The molecular formula is C9H15NO4. The second kappa shape index (κ2) is 7.06. The summed E-state index contributed by atoms with van der Waals surface area (Å²) >= 11 is 0. The van der Waals surface area contributed by atoms with Crippen LogP contribution in [0.1, 0.15) is 20.8 Å². The van der Waals surface area contributed by atoms with E-state index in [1.54, 1.807) is 20.8 Å². The predicted octanol–water partition coefficient (Wildman–Crippen LogP) is 0.572. The molecule has 0 amide bonds. The van der Waals surface area contributed by atoms with E-state index >= 15 is 0 Å². The molecule has 0 bridgehead atoms. The van der Waals surface area contributed by atoms with Crippen LogP contribution in [0.5, 0.6) is 0 Å². The molecule has 0 spiro atoms. The lowest BCUT2D eigenvalue weighted by molar-refractivity contribution is -0.156. The van der Waals surface area contributed by atoms with Crippen LogP contribution < -0.4 is 0 Å². The molecule has 0 atom stereocenters. The molecule has 0 rings (SSSR count). The van der Waals surface area contributed by atoms with Gasteiger partial charge in [0.2, 0.25) is 6.04 Å². The van der Waals surface area contributed by atoms with Gasteiger partial charge in [-0.05, 0) is 27.0 Å². The average Bonchev–Trinajstić information content (AvgIpc) is 2.14. The molecule has 0 unspecified atom stereocenters. The van der Waals surface area contributed by atoms with Crippen LogP contribution in [-0.4, -0.2) is 37.4 Å². The van der Waals surface area contributed by atoms with Gasteiger partial charge in [0.15, 0.2) is 0 Å². The fraction of sp³-hybridized carbons (Fsp3) is 0.667. The third-order valence-electron chi connectivity index (χ3n) is 1.32. The first-order valence-electron chi connectivity index (χ1n) is 4.48. The molecule has 0 aliphatic rings. The summed E-state index contributed by atoms with van der Waals surface area (Å²) in [5.41, 5.74) is 0. The first kappa shape index (κ1) is 12.6. The number of hydrogen-bond acceptors (Lipinski definition) is 5. The summed E-state index contributed by atoms with van der Waals surface area (Å²) in [6.45, 7) is 5.37. The van der Waals surface area contributed by atoms with Gasteiger partial charge in [-0.2, -0.15) is 0 Å². The van der Waals surface area contributed by atoms with Gasteiger partial charge in [-0.25, -0.2) is 9.59 Å². The molecule has 0 aromatic heterocycles. The second-order valence-electron chi connectivity index (χ2n) is 2.31. The molecule has 0 N–H and O–H groups in total. The standard InChI is InChI=1S/C9H15NO4/c1-4-10-7(8(11)13-5-2)9(12)14-6-3/h4,7H,5-6H2,1-3H3. The van der Waals surface area contributed by atoms with E-state index in [4.69, 9.17) is 0 Å². The molecule has 0 saturated heterocycles. The number of esters is 2. The highest BCUT2D eigenvalue weighted by atomic mass is 16.6. The van der Waals surface area contributed by atoms with Crippen molar-refractivity contribution >= 4 is 18.2 Å². The number of nitrogens with zero attached hydrogens (tertiary/aromatic N) is 1. The molecule has 80 valence electrons. The third-order valence-corrected chi connectivity index (χ3v) is 1.32. The van der Waals surface area contributed by atoms with Crippen molar-refractivity contribution < 1.29 is 19.1 Å². The maximum atomic E-state index is 11.2. The molecule has 0 saturated carbocycles. The Bertz CT molecular complexity index is 207. The lowest BCUT2D eigenvalue weighted by atomic mass is 10.3. The molecule has 5 heteroatoms. The number of ether oxygens (including phenoxy) is 2. The molecule has 5 nitrogen and oxygen atoms in total. The fourth-order valence-corrected chi connectivity index (χ4v) is 0.809. The Morgan fingerprint density at radius 2 is 1.64 bits per heavy atom. The van der Waals surface area contributed by atoms with Crippen LogP contribution in [0.25, 0.3) is 0 Å². The first-order chi connectivity index (χ1) is 6.67. The van der Waals surface area contributed by atoms with Crippen LogP contribution in [0.3, 0.4) is 0 Å². The molecule has 0 aromatic carbocycles. The normalized spacial score (nSPS) is 10.6. The molecule has 0 aromatic rings. The van der Waals surface area contributed by atoms with Gasteiger partial charge in [0.05, 0.1) is 13.2 Å². The van der Waals surface area contributed by atoms with E-state index in [1.807, 2.05) is 0 Å². The highest BCUT2D eigenvalue weighted by Gasteiger charge is 2.27. The third kappa shape index (κ3) is 4.02. The largest absolute Gasteiger partial charge is 0.464 e. The Morgan fingerprint density at radius 3 is 1.93 bits per heavy atom. The molecule has 0 aliphatic carbocycles. The van der Waals surface area contributed by atoms with Crippen molar-refractivity contribution in [3.8, 4) is 0 Å². The monoisotopic (exact) mass is 201 g/mol. The molecule has 0 aliphatic heterocycles. The number of carbonyl (C=O) groups excluding carboxylic acids is 2. The number of hydrogen-bond donors (Lipinski definition) is 0. The summed E-state index contributed by atoms with van der Waals surface area (Å²) < 4.78 is 9.34. The van der Waals surface area contributed by atoms with Crippen molar-refractivity contribution in [2.45, 2.75) is 26.8 Å². The van der Waals surface area contributed by atoms with Gasteiger partial charge in [0, 0.05) is 0 Å². The first-order valence-corrected chi connectivity index (χ1v) is 4.48. The summed E-state index contributed by atoms with van der Waals surface area (Å²) in [5.74, 6) is -1.35. The van der Waals surface area contributed by atoms with Crippen molar-refractivity contribution in [1.29, 1.82) is 0 Å². The summed E-state index contributed by atoms with van der Waals surface area (Å²) in [4.78, 5) is 26.1. The van der Waals surface area contributed by atoms with Gasteiger partial charge in [0.1, 0.15) is 0 Å². The Balaban J connectivity index is 4.42. The lowest BCUT2D eigenvalue weighted by Gasteiger charge is -2.09. The van der Waals surface area contributed by atoms with Crippen molar-refractivity contribution in [2.24, 2.45) is 4.99 Å². The van der Waals surface area contributed by atoms with Crippen molar-refractivity contribution in [1.82, 2.24) is 0 Å². The van der Waals surface area contributed by atoms with Crippen LogP contribution in [-0.2, 0) is 19.1 Å². The molecule has 14 heavy (non-hydrogen) atoms. The van der Waals surface area contributed by atoms with Crippen LogP contribution in [0, 0.1) is 0 Å². The van der Waals surface area contributed by atoms with Gasteiger partial charge >= 0.3 is 11.9 Å². The van der Waals surface area contributed by atoms with Crippen LogP contribution in [0.2, 0.25) is 0 Å². The highest BCUT2D eigenvalue weighted by Crippen LogP contribution is 1.98. The molecular weight excluding hydrogens is 186 g/mol. The summed E-state index contributed by atoms with van der Waals surface area (Å²) in [7, 11) is 0. The molecule has 0 radical (unpaired) electrons. The number of rotatable bonds is 5. The maximum absolute atomic E-state index is 11.2. The highest BCUT2D eigenvalue weighted by molar-refractivity contribution is 6.00. The maximum Gasteiger partial charge on any atom is 0.342 e. The minimum Gasteiger partial charge on any atom is -0.464 e. The fourth-order valence-electron chi connectivity index (χ4n) is 0.809. The summed E-state index contributed by atoms with van der Waals surface area (Å²) in [6, 6.07) is -1.18. The Labute approximate surface area is 83.1 Å². The minimum absolute atomic E-state index is 0.216. The van der Waals surface area contributed by atoms with Crippen LogP contribution in [0.15, 0.2) is 4.99 Å². The SMILES string of the molecule is CC=NC(C(=O)OCC)C(=O)OCC. The van der Waals surface area contributed by atoms with Gasteiger partial charge in [-0.3, -0.25) is 4.99 Å². The summed E-state index contributed by atoms with van der Waals surface area (Å²) in [6.07, 6.45) is 1.37. The van der Waals surface area contributed by atoms with Crippen molar-refractivity contribution in [3.05, 3.63) is 0 Å². The number of carbonyl (C=O) groups is 2. The summed E-state index contributed by atoms with van der Waals surface area (Å²) in [5, 5.41) is 0. The average molecular weight is 201 g/mol. The quantitative estimate of drug-likeness (QED) is 0.370. The van der Waals surface area contributed by atoms with E-state index in [9.17, 15) is 9.59 Å². The Kier molecular flexibility index (Phi) is 6.36.